The van der Waals surface area contributed by atoms with E-state index >= 15 is 0 Å². The van der Waals surface area contributed by atoms with Crippen molar-refractivity contribution in [1.82, 2.24) is 10.3 Å². The quantitative estimate of drug-likeness (QED) is 0.874. The maximum Gasteiger partial charge on any atom is 0.166 e. The van der Waals surface area contributed by atoms with Crippen molar-refractivity contribution in [3.05, 3.63) is 59.2 Å². The number of ether oxygens (including phenoxy) is 2. The number of pyridine rings is 1. The summed E-state index contributed by atoms with van der Waals surface area (Å²) in [7, 11) is 0. The molecule has 0 atom stereocenters. The first-order valence-electron chi connectivity index (χ1n) is 8.71. The van der Waals surface area contributed by atoms with Crippen LogP contribution in [0.15, 0.2) is 36.4 Å². The first kappa shape index (κ1) is 16.0. The van der Waals surface area contributed by atoms with Crippen molar-refractivity contribution >= 4 is 0 Å². The Kier molecular flexibility index (Phi) is 5.48. The number of nitrogens with one attached hydrogen (secondary N) is 1. The van der Waals surface area contributed by atoms with Gasteiger partial charge in [-0.15, -0.1) is 0 Å². The van der Waals surface area contributed by atoms with Crippen LogP contribution < -0.4 is 10.0 Å². The second kappa shape index (κ2) is 8.56. The standard InChI is InChI=1S/C19H20FN3O2/c20-18-10-14(11-21)4-5-19(18)25-13-16-3-1-2-15(23-16)12-24-17-6-8-22-9-7-17/h1-5,10,17,22H,6-9,12-13H2/i/hD. The van der Waals surface area contributed by atoms with Crippen LogP contribution >= 0.6 is 0 Å². The van der Waals surface area contributed by atoms with Crippen LogP contribution in [0.5, 0.6) is 5.75 Å². The molecule has 1 fully saturated rings. The molecule has 3 rings (SSSR count). The van der Waals surface area contributed by atoms with E-state index in [9.17, 15) is 4.39 Å². The summed E-state index contributed by atoms with van der Waals surface area (Å²) in [6, 6.07) is 11.5. The van der Waals surface area contributed by atoms with E-state index in [2.05, 4.69) is 4.98 Å². The minimum absolute atomic E-state index is 0.0922. The molecule has 1 aliphatic heterocycles. The monoisotopic (exact) mass is 342 g/mol. The van der Waals surface area contributed by atoms with E-state index in [-0.39, 0.29) is 24.0 Å². The average molecular weight is 342 g/mol. The van der Waals surface area contributed by atoms with Crippen molar-refractivity contribution in [2.24, 2.45) is 0 Å². The molecule has 0 bridgehead atoms. The lowest BCUT2D eigenvalue weighted by Crippen LogP contribution is -2.32. The van der Waals surface area contributed by atoms with Crippen molar-refractivity contribution in [1.29, 1.82) is 5.26 Å². The van der Waals surface area contributed by atoms with Crippen LogP contribution in [0.25, 0.3) is 0 Å². The third-order valence-electron chi connectivity index (χ3n) is 3.99. The van der Waals surface area contributed by atoms with Crippen LogP contribution in [0.3, 0.4) is 0 Å². The fraction of sp³-hybridized carbons (Fsp3) is 0.368. The summed E-state index contributed by atoms with van der Waals surface area (Å²) < 4.78 is 32.7. The predicted molar refractivity (Wildman–Crippen MR) is 90.4 cm³/mol. The number of hydrogen-bond donors (Lipinski definition) is 1. The van der Waals surface area contributed by atoms with Crippen molar-refractivity contribution in [3.63, 3.8) is 0 Å². The highest BCUT2D eigenvalue weighted by Gasteiger charge is 2.13. The lowest BCUT2D eigenvalue weighted by molar-refractivity contribution is 0.0194. The molecular formula is C19H20FN3O2. The first-order valence-corrected chi connectivity index (χ1v) is 8.27. The molecule has 0 aliphatic carbocycles. The number of benzene rings is 1. The van der Waals surface area contributed by atoms with Crippen LogP contribution in [-0.2, 0) is 18.0 Å². The van der Waals surface area contributed by atoms with Gasteiger partial charge in [0.15, 0.2) is 11.6 Å². The molecule has 0 saturated carbocycles. The van der Waals surface area contributed by atoms with E-state index in [1.54, 1.807) is 5.31 Å². The fourth-order valence-electron chi connectivity index (χ4n) is 2.63. The van der Waals surface area contributed by atoms with Crippen LogP contribution in [-0.4, -0.2) is 24.2 Å². The van der Waals surface area contributed by atoms with E-state index < -0.39 is 5.82 Å². The number of piperidine rings is 1. The highest BCUT2D eigenvalue weighted by atomic mass is 19.1. The minimum Gasteiger partial charge on any atom is -0.484 e. The van der Waals surface area contributed by atoms with E-state index in [0.29, 0.717) is 12.3 Å². The van der Waals surface area contributed by atoms with E-state index in [0.717, 1.165) is 37.7 Å². The Balaban J connectivity index is 1.53. The molecule has 130 valence electrons. The number of nitriles is 1. The Labute approximate surface area is 147 Å². The van der Waals surface area contributed by atoms with Crippen molar-refractivity contribution < 1.29 is 15.3 Å². The summed E-state index contributed by atoms with van der Waals surface area (Å²) in [5.41, 5.74) is 1.72. The van der Waals surface area contributed by atoms with Crippen LogP contribution in [0, 0.1) is 17.1 Å². The minimum atomic E-state index is -0.565. The molecule has 25 heavy (non-hydrogen) atoms. The molecule has 0 amide bonds. The Hall–Kier alpha value is -2.49. The van der Waals surface area contributed by atoms with Gasteiger partial charge in [0, 0.05) is 0 Å². The maximum absolute atomic E-state index is 13.8. The molecule has 0 radical (unpaired) electrons. The van der Waals surface area contributed by atoms with Crippen molar-refractivity contribution in [3.8, 4) is 11.8 Å². The summed E-state index contributed by atoms with van der Waals surface area (Å²) in [5, 5.41) is 10.3. The zero-order valence-electron chi connectivity index (χ0n) is 14.8. The predicted octanol–water partition coefficient (Wildman–Crippen LogP) is 2.94. The molecule has 1 saturated heterocycles. The average Bonchev–Trinajstić information content (AvgIpc) is 2.67. The van der Waals surface area contributed by atoms with Gasteiger partial charge in [-0.25, -0.2) is 4.39 Å². The summed E-state index contributed by atoms with van der Waals surface area (Å²) in [4.78, 5) is 4.48. The van der Waals surface area contributed by atoms with Gasteiger partial charge in [0.05, 0.1) is 35.7 Å². The van der Waals surface area contributed by atoms with Crippen LogP contribution in [0.1, 0.15) is 29.8 Å². The van der Waals surface area contributed by atoms with Gasteiger partial charge in [-0.05, 0) is 56.3 Å². The van der Waals surface area contributed by atoms with Crippen molar-refractivity contribution in [2.75, 3.05) is 13.1 Å². The highest BCUT2D eigenvalue weighted by Crippen LogP contribution is 2.19. The van der Waals surface area contributed by atoms with Gasteiger partial charge in [-0.3, -0.25) is 4.98 Å². The summed E-state index contributed by atoms with van der Waals surface area (Å²) in [5.74, 6) is -0.473. The fourth-order valence-corrected chi connectivity index (χ4v) is 2.63. The van der Waals surface area contributed by atoms with Crippen LogP contribution in [0.4, 0.5) is 4.39 Å². The van der Waals surface area contributed by atoms with E-state index in [1.165, 1.54) is 12.1 Å². The third-order valence-corrected chi connectivity index (χ3v) is 3.99. The Bertz CT molecular complexity index is 789. The molecule has 1 aliphatic rings. The maximum atomic E-state index is 13.8. The Morgan fingerprint density at radius 1 is 1.24 bits per heavy atom. The molecule has 2 aromatic rings. The van der Waals surface area contributed by atoms with Gasteiger partial charge in [0.2, 0.25) is 0 Å². The highest BCUT2D eigenvalue weighted by molar-refractivity contribution is 5.36. The first-order chi connectivity index (χ1) is 12.6. The number of aromatic nitrogens is 1. The molecule has 0 unspecified atom stereocenters. The lowest BCUT2D eigenvalue weighted by Gasteiger charge is -2.22. The second-order valence-corrected chi connectivity index (χ2v) is 5.85. The summed E-state index contributed by atoms with van der Waals surface area (Å²) in [6.45, 7) is 1.99. The zero-order chi connectivity index (χ0) is 18.4. The number of rotatable bonds is 6. The Morgan fingerprint density at radius 3 is 2.72 bits per heavy atom. The van der Waals surface area contributed by atoms with E-state index in [1.807, 2.05) is 24.3 Å². The van der Waals surface area contributed by atoms with E-state index in [4.69, 9.17) is 16.1 Å². The molecule has 5 nitrogen and oxygen atoms in total. The zero-order valence-corrected chi connectivity index (χ0v) is 13.8. The molecule has 0 spiro atoms. The summed E-state index contributed by atoms with van der Waals surface area (Å²) in [6.07, 6.45) is 1.86. The molecule has 2 heterocycles. The normalized spacial score (nSPS) is 16.2. The molecule has 1 aromatic heterocycles. The van der Waals surface area contributed by atoms with Gasteiger partial charge in [-0.2, -0.15) is 5.26 Å². The van der Waals surface area contributed by atoms with Gasteiger partial charge >= 0.3 is 0 Å². The number of halogens is 1. The molecule has 1 aromatic carbocycles. The van der Waals surface area contributed by atoms with Gasteiger partial charge in [0.1, 0.15) is 8.02 Å². The Morgan fingerprint density at radius 2 is 2.00 bits per heavy atom. The van der Waals surface area contributed by atoms with Crippen LogP contribution in [0.2, 0.25) is 1.41 Å². The lowest BCUT2D eigenvalue weighted by atomic mass is 10.1. The SMILES string of the molecule is [2H]N1CCC(OCc2cccc(COc3ccc(C#N)cc3F)n2)CC1. The summed E-state index contributed by atoms with van der Waals surface area (Å²) >= 11 is 0. The smallest absolute Gasteiger partial charge is 0.166 e. The van der Waals surface area contributed by atoms with Crippen molar-refractivity contribution in [2.45, 2.75) is 32.2 Å². The molecule has 6 heteroatoms. The largest absolute Gasteiger partial charge is 0.484 e. The van der Waals surface area contributed by atoms with Gasteiger partial charge < -0.3 is 14.8 Å². The number of hydrogen-bond acceptors (Lipinski definition) is 5. The third kappa shape index (κ3) is 4.99. The topological polar surface area (TPSA) is 67.2 Å². The van der Waals surface area contributed by atoms with Gasteiger partial charge in [0.25, 0.3) is 0 Å². The van der Waals surface area contributed by atoms with Gasteiger partial charge in [-0.1, -0.05) is 6.07 Å². The molecule has 1 N–H and O–H groups in total. The molecular weight excluding hydrogens is 321 g/mol. The number of nitrogens with zero attached hydrogens (tertiary/aromatic N) is 2. The second-order valence-electron chi connectivity index (χ2n) is 5.85.